The number of hydrogen-bond donors (Lipinski definition) is 1. The third-order valence-electron chi connectivity index (χ3n) is 6.38. The van der Waals surface area contributed by atoms with Gasteiger partial charge in [0.2, 0.25) is 0 Å². The fraction of sp³-hybridized carbons (Fsp3) is 0.321. The predicted molar refractivity (Wildman–Crippen MR) is 145 cm³/mol. The van der Waals surface area contributed by atoms with Gasteiger partial charge in [-0.05, 0) is 63.6 Å². The molecule has 0 aliphatic carbocycles. The Morgan fingerprint density at radius 1 is 1.16 bits per heavy atom. The maximum absolute atomic E-state index is 13.7. The molecular formula is C28H31N3O5S. The van der Waals surface area contributed by atoms with E-state index < -0.39 is 12.0 Å². The minimum atomic E-state index is -0.706. The molecular weight excluding hydrogens is 490 g/mol. The number of carbonyl (C=O) groups is 1. The highest BCUT2D eigenvalue weighted by Crippen LogP contribution is 2.32. The van der Waals surface area contributed by atoms with Gasteiger partial charge in [-0.3, -0.25) is 9.36 Å². The number of esters is 1. The number of methoxy groups -OCH3 is 1. The van der Waals surface area contributed by atoms with E-state index in [1.807, 2.05) is 18.2 Å². The quantitative estimate of drug-likeness (QED) is 0.457. The minimum absolute atomic E-state index is 0.0883. The SMILES string of the molecule is CCOC(=O)C1=C(C)N=c2s/c(=C\c3ccc(N(CC)CC)cc3O)c(=O)n2[C@H]1c1ccc(OC)cc1. The molecule has 0 saturated carbocycles. The topological polar surface area (TPSA) is 93.4 Å². The van der Waals surface area contributed by atoms with E-state index in [9.17, 15) is 14.7 Å². The summed E-state index contributed by atoms with van der Waals surface area (Å²) in [5.41, 5.74) is 2.69. The fourth-order valence-electron chi connectivity index (χ4n) is 4.47. The van der Waals surface area contributed by atoms with Crippen molar-refractivity contribution in [2.75, 3.05) is 31.7 Å². The van der Waals surface area contributed by atoms with Crippen molar-refractivity contribution in [1.29, 1.82) is 0 Å². The van der Waals surface area contributed by atoms with Crippen LogP contribution in [-0.4, -0.2) is 42.4 Å². The third-order valence-corrected chi connectivity index (χ3v) is 7.36. The molecule has 0 spiro atoms. The normalized spacial score (nSPS) is 15.3. The van der Waals surface area contributed by atoms with Crippen LogP contribution in [0.1, 0.15) is 44.9 Å². The van der Waals surface area contributed by atoms with Crippen molar-refractivity contribution in [2.24, 2.45) is 4.99 Å². The van der Waals surface area contributed by atoms with Gasteiger partial charge in [-0.25, -0.2) is 9.79 Å². The molecule has 1 aromatic heterocycles. The first-order chi connectivity index (χ1) is 17.8. The summed E-state index contributed by atoms with van der Waals surface area (Å²) in [5, 5.41) is 10.7. The van der Waals surface area contributed by atoms with Crippen LogP contribution in [0, 0.1) is 0 Å². The summed E-state index contributed by atoms with van der Waals surface area (Å²) in [4.78, 5) is 33.9. The van der Waals surface area contributed by atoms with Crippen LogP contribution in [-0.2, 0) is 9.53 Å². The van der Waals surface area contributed by atoms with Crippen LogP contribution in [0.2, 0.25) is 0 Å². The first-order valence-electron chi connectivity index (χ1n) is 12.2. The summed E-state index contributed by atoms with van der Waals surface area (Å²) in [6.45, 7) is 9.45. The zero-order chi connectivity index (χ0) is 26.7. The highest BCUT2D eigenvalue weighted by molar-refractivity contribution is 7.07. The van der Waals surface area contributed by atoms with Gasteiger partial charge in [0.1, 0.15) is 11.5 Å². The van der Waals surface area contributed by atoms with E-state index in [1.54, 1.807) is 51.3 Å². The Bertz CT molecular complexity index is 1510. The molecule has 0 saturated heterocycles. The number of thiazole rings is 1. The van der Waals surface area contributed by atoms with Crippen molar-refractivity contribution >= 4 is 29.1 Å². The lowest BCUT2D eigenvalue weighted by atomic mass is 9.96. The zero-order valence-corrected chi connectivity index (χ0v) is 22.5. The van der Waals surface area contributed by atoms with Crippen molar-refractivity contribution in [3.63, 3.8) is 0 Å². The minimum Gasteiger partial charge on any atom is -0.507 e. The number of carbonyl (C=O) groups excluding carboxylic acids is 1. The molecule has 0 fully saturated rings. The molecule has 0 bridgehead atoms. The summed E-state index contributed by atoms with van der Waals surface area (Å²) in [6.07, 6.45) is 1.67. The summed E-state index contributed by atoms with van der Waals surface area (Å²) in [5.74, 6) is 0.243. The summed E-state index contributed by atoms with van der Waals surface area (Å²) in [7, 11) is 1.58. The van der Waals surface area contributed by atoms with Gasteiger partial charge in [-0.1, -0.05) is 23.5 Å². The second-order valence-electron chi connectivity index (χ2n) is 8.49. The molecule has 2 aromatic carbocycles. The van der Waals surface area contributed by atoms with Gasteiger partial charge < -0.3 is 19.5 Å². The van der Waals surface area contributed by atoms with Crippen molar-refractivity contribution in [2.45, 2.75) is 33.7 Å². The largest absolute Gasteiger partial charge is 0.507 e. The molecule has 0 unspecified atom stereocenters. The maximum atomic E-state index is 13.7. The van der Waals surface area contributed by atoms with Crippen LogP contribution in [0.5, 0.6) is 11.5 Å². The Labute approximate surface area is 219 Å². The number of phenols is 1. The van der Waals surface area contributed by atoms with E-state index in [4.69, 9.17) is 9.47 Å². The molecule has 3 aromatic rings. The fourth-order valence-corrected chi connectivity index (χ4v) is 5.51. The van der Waals surface area contributed by atoms with Crippen LogP contribution in [0.15, 0.2) is 63.5 Å². The molecule has 8 nitrogen and oxygen atoms in total. The Kier molecular flexibility index (Phi) is 7.83. The van der Waals surface area contributed by atoms with Crippen molar-refractivity contribution < 1.29 is 19.4 Å². The van der Waals surface area contributed by atoms with Gasteiger partial charge in [-0.15, -0.1) is 0 Å². The Balaban J connectivity index is 1.88. The molecule has 194 valence electrons. The van der Waals surface area contributed by atoms with Gasteiger partial charge in [-0.2, -0.15) is 0 Å². The van der Waals surface area contributed by atoms with Gasteiger partial charge in [0, 0.05) is 30.4 Å². The van der Waals surface area contributed by atoms with Crippen LogP contribution >= 0.6 is 11.3 Å². The lowest BCUT2D eigenvalue weighted by molar-refractivity contribution is -0.139. The average molecular weight is 522 g/mol. The van der Waals surface area contributed by atoms with Crippen LogP contribution in [0.4, 0.5) is 5.69 Å². The highest BCUT2D eigenvalue weighted by atomic mass is 32.1. The number of nitrogens with zero attached hydrogens (tertiary/aromatic N) is 3. The van der Waals surface area contributed by atoms with Crippen LogP contribution in [0.25, 0.3) is 6.08 Å². The predicted octanol–water partition coefficient (Wildman–Crippen LogP) is 3.36. The van der Waals surface area contributed by atoms with E-state index in [1.165, 1.54) is 15.9 Å². The van der Waals surface area contributed by atoms with Gasteiger partial charge in [0.05, 0.1) is 35.6 Å². The molecule has 1 atom stereocenters. The monoisotopic (exact) mass is 521 g/mol. The van der Waals surface area contributed by atoms with Gasteiger partial charge in [0.15, 0.2) is 4.80 Å². The number of aromatic hydroxyl groups is 1. The number of fused-ring (bicyclic) bond motifs is 1. The molecule has 2 heterocycles. The molecule has 0 radical (unpaired) electrons. The van der Waals surface area contributed by atoms with Crippen LogP contribution < -0.4 is 24.5 Å². The molecule has 1 aliphatic heterocycles. The molecule has 1 aliphatic rings. The first-order valence-corrected chi connectivity index (χ1v) is 13.1. The Hall–Kier alpha value is -3.85. The number of ether oxygens (including phenoxy) is 2. The van der Waals surface area contributed by atoms with E-state index >= 15 is 0 Å². The zero-order valence-electron chi connectivity index (χ0n) is 21.6. The second kappa shape index (κ2) is 11.0. The lowest BCUT2D eigenvalue weighted by Gasteiger charge is -2.24. The Morgan fingerprint density at radius 3 is 2.46 bits per heavy atom. The average Bonchev–Trinajstić information content (AvgIpc) is 3.19. The van der Waals surface area contributed by atoms with E-state index in [-0.39, 0.29) is 17.9 Å². The highest BCUT2D eigenvalue weighted by Gasteiger charge is 2.33. The number of anilines is 1. The number of aromatic nitrogens is 1. The maximum Gasteiger partial charge on any atom is 0.338 e. The number of benzene rings is 2. The van der Waals surface area contributed by atoms with Crippen molar-refractivity contribution in [1.82, 2.24) is 4.57 Å². The smallest absolute Gasteiger partial charge is 0.338 e. The third kappa shape index (κ3) is 5.04. The number of rotatable bonds is 8. The molecule has 9 heteroatoms. The molecule has 4 rings (SSSR count). The molecule has 0 amide bonds. The van der Waals surface area contributed by atoms with Crippen molar-refractivity contribution in [3.05, 3.63) is 84.5 Å². The molecule has 1 N–H and O–H groups in total. The van der Waals surface area contributed by atoms with Gasteiger partial charge in [0.25, 0.3) is 5.56 Å². The second-order valence-corrected chi connectivity index (χ2v) is 9.50. The summed E-state index contributed by atoms with van der Waals surface area (Å²) >= 11 is 1.22. The van der Waals surface area contributed by atoms with E-state index in [0.717, 1.165) is 24.3 Å². The van der Waals surface area contributed by atoms with Crippen LogP contribution in [0.3, 0.4) is 0 Å². The van der Waals surface area contributed by atoms with E-state index in [2.05, 4.69) is 23.7 Å². The standard InChI is InChI=1S/C28H31N3O5S/c1-6-30(7-2)20-12-9-19(22(32)16-20)15-23-26(33)31-25(18-10-13-21(35-5)14-11-18)24(27(34)36-8-3)17(4)29-28(31)37-23/h9-16,25,32H,6-8H2,1-5H3/b23-15-/t25-/m0/s1. The van der Waals surface area contributed by atoms with Gasteiger partial charge >= 0.3 is 5.97 Å². The van der Waals surface area contributed by atoms with E-state index in [0.29, 0.717) is 31.9 Å². The number of phenolic OH excluding ortho intramolecular Hbond substituents is 1. The number of hydrogen-bond acceptors (Lipinski definition) is 8. The summed E-state index contributed by atoms with van der Waals surface area (Å²) < 4.78 is 12.5. The van der Waals surface area contributed by atoms with Crippen molar-refractivity contribution in [3.8, 4) is 11.5 Å². The first kappa shape index (κ1) is 26.2. The molecule has 37 heavy (non-hydrogen) atoms. The Morgan fingerprint density at radius 2 is 1.86 bits per heavy atom. The number of allylic oxidation sites excluding steroid dienone is 1. The lowest BCUT2D eigenvalue weighted by Crippen LogP contribution is -2.39. The summed E-state index contributed by atoms with van der Waals surface area (Å²) in [6, 6.07) is 12.0.